The fraction of sp³-hybridized carbons (Fsp3) is 0.750. The van der Waals surface area contributed by atoms with E-state index in [1.54, 1.807) is 0 Å². The lowest BCUT2D eigenvalue weighted by Gasteiger charge is -2.02. The van der Waals surface area contributed by atoms with Crippen molar-refractivity contribution in [1.82, 2.24) is 0 Å². The van der Waals surface area contributed by atoms with Crippen LogP contribution in [0.4, 0.5) is 0 Å². The second-order valence-electron chi connectivity index (χ2n) is 6.09. The number of hydrogen-bond donors (Lipinski definition) is 0. The van der Waals surface area contributed by atoms with Gasteiger partial charge in [0, 0.05) is 6.42 Å². The van der Waals surface area contributed by atoms with Crippen molar-refractivity contribution in [3.8, 4) is 0 Å². The number of ether oxygens (including phenoxy) is 1. The van der Waals surface area contributed by atoms with E-state index in [4.69, 9.17) is 4.74 Å². The summed E-state index contributed by atoms with van der Waals surface area (Å²) in [7, 11) is 0. The first-order chi connectivity index (χ1) is 10.9. The van der Waals surface area contributed by atoms with Gasteiger partial charge >= 0.3 is 0 Å². The highest BCUT2D eigenvalue weighted by Crippen LogP contribution is 2.11. The van der Waals surface area contributed by atoms with Gasteiger partial charge in [-0.15, -0.1) is 0 Å². The molecular formula is C20H35NO. The second kappa shape index (κ2) is 14.9. The summed E-state index contributed by atoms with van der Waals surface area (Å²) in [6, 6.07) is 0. The average molecular weight is 306 g/mol. The Balaban J connectivity index is 1.75. The van der Waals surface area contributed by atoms with Gasteiger partial charge in [-0.05, 0) is 38.5 Å². The van der Waals surface area contributed by atoms with E-state index in [1.807, 2.05) is 0 Å². The topological polar surface area (TPSA) is 21.6 Å². The van der Waals surface area contributed by atoms with Crippen LogP contribution in [-0.4, -0.2) is 19.0 Å². The second-order valence-corrected chi connectivity index (χ2v) is 6.09. The average Bonchev–Trinajstić information content (AvgIpc) is 3.04. The molecule has 0 aromatic rings. The number of hydrogen-bond acceptors (Lipinski definition) is 2. The van der Waals surface area contributed by atoms with E-state index < -0.39 is 0 Å². The molecule has 0 atom stereocenters. The van der Waals surface area contributed by atoms with Gasteiger partial charge in [-0.2, -0.15) is 0 Å². The van der Waals surface area contributed by atoms with Crippen molar-refractivity contribution in [2.24, 2.45) is 4.99 Å². The summed E-state index contributed by atoms with van der Waals surface area (Å²) in [6.07, 6.45) is 24.5. The molecule has 0 bridgehead atoms. The molecule has 0 spiro atoms. The summed E-state index contributed by atoms with van der Waals surface area (Å²) >= 11 is 0. The molecule has 126 valence electrons. The number of unbranched alkanes of at least 4 members (excludes halogenated alkanes) is 8. The minimum absolute atomic E-state index is 0.803. The van der Waals surface area contributed by atoms with Crippen LogP contribution in [-0.2, 0) is 4.74 Å². The fourth-order valence-corrected chi connectivity index (χ4v) is 2.61. The van der Waals surface area contributed by atoms with Gasteiger partial charge in [0.25, 0.3) is 0 Å². The summed E-state index contributed by atoms with van der Waals surface area (Å²) < 4.78 is 5.41. The SMILES string of the molecule is CCC/C=C\CC/C=C\CCCCCCCCC1=NCCO1. The van der Waals surface area contributed by atoms with Crippen LogP contribution in [0.25, 0.3) is 0 Å². The van der Waals surface area contributed by atoms with Crippen molar-refractivity contribution in [2.75, 3.05) is 13.2 Å². The molecule has 1 aliphatic rings. The molecule has 0 unspecified atom stereocenters. The smallest absolute Gasteiger partial charge is 0.183 e. The molecule has 0 aromatic carbocycles. The van der Waals surface area contributed by atoms with Crippen LogP contribution in [0.15, 0.2) is 29.3 Å². The van der Waals surface area contributed by atoms with Crippen LogP contribution in [0.1, 0.15) is 84.0 Å². The van der Waals surface area contributed by atoms with Gasteiger partial charge in [-0.25, -0.2) is 0 Å². The molecule has 0 fully saturated rings. The minimum atomic E-state index is 0.803. The summed E-state index contributed by atoms with van der Waals surface area (Å²) in [6.45, 7) is 3.90. The molecule has 22 heavy (non-hydrogen) atoms. The first-order valence-corrected chi connectivity index (χ1v) is 9.39. The largest absolute Gasteiger partial charge is 0.479 e. The highest BCUT2D eigenvalue weighted by Gasteiger charge is 2.05. The zero-order chi connectivity index (χ0) is 15.7. The number of rotatable bonds is 14. The van der Waals surface area contributed by atoms with E-state index in [-0.39, 0.29) is 0 Å². The Hall–Kier alpha value is -1.05. The van der Waals surface area contributed by atoms with Crippen LogP contribution in [0.3, 0.4) is 0 Å². The third-order valence-electron chi connectivity index (χ3n) is 3.95. The standard InChI is InChI=1S/C20H35NO/c1-2-3-4-5-6-7-8-9-10-11-12-13-14-15-16-17-20-21-18-19-22-20/h4-5,8-9H,2-3,6-7,10-19H2,1H3/b5-4-,9-8-. The normalized spacial score (nSPS) is 14.9. The zero-order valence-electron chi connectivity index (χ0n) is 14.6. The lowest BCUT2D eigenvalue weighted by Crippen LogP contribution is -1.98. The van der Waals surface area contributed by atoms with Crippen LogP contribution in [0.2, 0.25) is 0 Å². The first-order valence-electron chi connectivity index (χ1n) is 9.39. The van der Waals surface area contributed by atoms with Crippen molar-refractivity contribution in [3.63, 3.8) is 0 Å². The fourth-order valence-electron chi connectivity index (χ4n) is 2.61. The lowest BCUT2D eigenvalue weighted by molar-refractivity contribution is 0.336. The third-order valence-corrected chi connectivity index (χ3v) is 3.95. The van der Waals surface area contributed by atoms with Crippen LogP contribution in [0, 0.1) is 0 Å². The molecule has 0 saturated heterocycles. The molecule has 1 heterocycles. The van der Waals surface area contributed by atoms with Crippen molar-refractivity contribution >= 4 is 5.90 Å². The van der Waals surface area contributed by atoms with Crippen molar-refractivity contribution in [3.05, 3.63) is 24.3 Å². The Bertz CT molecular complexity index is 331. The van der Waals surface area contributed by atoms with E-state index in [0.717, 1.165) is 25.5 Å². The molecule has 2 nitrogen and oxygen atoms in total. The summed E-state index contributed by atoms with van der Waals surface area (Å²) in [4.78, 5) is 4.32. The highest BCUT2D eigenvalue weighted by molar-refractivity contribution is 5.77. The summed E-state index contributed by atoms with van der Waals surface area (Å²) in [5.74, 6) is 0.995. The molecule has 1 rings (SSSR count). The van der Waals surface area contributed by atoms with Crippen molar-refractivity contribution < 1.29 is 4.74 Å². The van der Waals surface area contributed by atoms with Gasteiger partial charge in [0.1, 0.15) is 6.61 Å². The van der Waals surface area contributed by atoms with Gasteiger partial charge in [0.2, 0.25) is 0 Å². The van der Waals surface area contributed by atoms with E-state index in [1.165, 1.54) is 70.6 Å². The molecule has 1 aliphatic heterocycles. The van der Waals surface area contributed by atoms with E-state index in [0.29, 0.717) is 0 Å². The van der Waals surface area contributed by atoms with Gasteiger partial charge in [-0.1, -0.05) is 63.3 Å². The molecular weight excluding hydrogens is 270 g/mol. The van der Waals surface area contributed by atoms with E-state index in [9.17, 15) is 0 Å². The Kier molecular flexibility index (Phi) is 12.8. The van der Waals surface area contributed by atoms with E-state index >= 15 is 0 Å². The van der Waals surface area contributed by atoms with Crippen LogP contribution < -0.4 is 0 Å². The predicted octanol–water partition coefficient (Wildman–Crippen LogP) is 6.23. The lowest BCUT2D eigenvalue weighted by atomic mass is 10.1. The molecule has 0 radical (unpaired) electrons. The Morgan fingerprint density at radius 2 is 1.45 bits per heavy atom. The quantitative estimate of drug-likeness (QED) is 0.275. The monoisotopic (exact) mass is 305 g/mol. The Morgan fingerprint density at radius 3 is 2.14 bits per heavy atom. The van der Waals surface area contributed by atoms with Gasteiger partial charge in [0.05, 0.1) is 6.54 Å². The Morgan fingerprint density at radius 1 is 0.818 bits per heavy atom. The molecule has 2 heteroatoms. The molecule has 0 saturated carbocycles. The van der Waals surface area contributed by atoms with Crippen LogP contribution >= 0.6 is 0 Å². The molecule has 0 N–H and O–H groups in total. The van der Waals surface area contributed by atoms with Gasteiger partial charge < -0.3 is 4.74 Å². The maximum Gasteiger partial charge on any atom is 0.183 e. The van der Waals surface area contributed by atoms with Crippen LogP contribution in [0.5, 0.6) is 0 Å². The first kappa shape index (κ1) is 19.0. The zero-order valence-corrected chi connectivity index (χ0v) is 14.6. The highest BCUT2D eigenvalue weighted by atomic mass is 16.5. The van der Waals surface area contributed by atoms with Gasteiger partial charge in [-0.3, -0.25) is 4.99 Å². The predicted molar refractivity (Wildman–Crippen MR) is 97.6 cm³/mol. The van der Waals surface area contributed by atoms with Crippen molar-refractivity contribution in [1.29, 1.82) is 0 Å². The minimum Gasteiger partial charge on any atom is -0.479 e. The van der Waals surface area contributed by atoms with E-state index in [2.05, 4.69) is 36.2 Å². The molecule has 0 aliphatic carbocycles. The Labute approximate surface area is 137 Å². The number of nitrogens with zero attached hydrogens (tertiary/aromatic N) is 1. The maximum absolute atomic E-state index is 5.41. The molecule has 0 amide bonds. The summed E-state index contributed by atoms with van der Waals surface area (Å²) in [5, 5.41) is 0. The number of allylic oxidation sites excluding steroid dienone is 4. The number of aliphatic imine (C=N–C) groups is 1. The molecule has 0 aromatic heterocycles. The van der Waals surface area contributed by atoms with Gasteiger partial charge in [0.15, 0.2) is 5.90 Å². The third kappa shape index (κ3) is 11.6. The summed E-state index contributed by atoms with van der Waals surface area (Å²) in [5.41, 5.74) is 0. The maximum atomic E-state index is 5.41. The van der Waals surface area contributed by atoms with Crippen molar-refractivity contribution in [2.45, 2.75) is 84.0 Å².